The van der Waals surface area contributed by atoms with E-state index in [0.29, 0.717) is 22.4 Å². The highest BCUT2D eigenvalue weighted by Crippen LogP contribution is 2.22. The lowest BCUT2D eigenvalue weighted by molar-refractivity contribution is -0.116. The molecule has 0 unspecified atom stereocenters. The molecule has 0 aliphatic heterocycles. The summed E-state index contributed by atoms with van der Waals surface area (Å²) in [6.45, 7) is 0. The maximum Gasteiger partial charge on any atom is 0.225 e. The smallest absolute Gasteiger partial charge is 0.225 e. The van der Waals surface area contributed by atoms with Crippen LogP contribution in [0.15, 0.2) is 34.2 Å². The molecule has 4 nitrogen and oxygen atoms in total. The molecule has 0 radical (unpaired) electrons. The Kier molecular flexibility index (Phi) is 4.93. The zero-order valence-electron chi connectivity index (χ0n) is 10.2. The van der Waals surface area contributed by atoms with Crippen LogP contribution in [0.5, 0.6) is 0 Å². The summed E-state index contributed by atoms with van der Waals surface area (Å²) in [5.74, 6) is 0.477. The van der Waals surface area contributed by atoms with Crippen molar-refractivity contribution < 1.29 is 4.79 Å². The van der Waals surface area contributed by atoms with E-state index >= 15 is 0 Å². The van der Waals surface area contributed by atoms with Crippen molar-refractivity contribution >= 4 is 44.7 Å². The minimum atomic E-state index is -0.0328. The first-order chi connectivity index (χ1) is 9.15. The van der Waals surface area contributed by atoms with Gasteiger partial charge in [0.15, 0.2) is 0 Å². The molecule has 19 heavy (non-hydrogen) atoms. The average molecular weight is 340 g/mol. The quantitative estimate of drug-likeness (QED) is 0.876. The molecule has 0 aromatic carbocycles. The number of nitrogens with zero attached hydrogens (tertiary/aromatic N) is 1. The number of nitrogen functional groups attached to an aromatic ring is 1. The van der Waals surface area contributed by atoms with Gasteiger partial charge < -0.3 is 11.1 Å². The molecule has 2 aromatic rings. The first kappa shape index (κ1) is 14.0. The van der Waals surface area contributed by atoms with Crippen LogP contribution in [0.25, 0.3) is 0 Å². The van der Waals surface area contributed by atoms with Gasteiger partial charge in [-0.15, -0.1) is 11.3 Å². The maximum absolute atomic E-state index is 11.8. The van der Waals surface area contributed by atoms with Gasteiger partial charge in [0.1, 0.15) is 5.82 Å². The highest BCUT2D eigenvalue weighted by atomic mass is 79.9. The normalized spacial score (nSPS) is 10.4. The molecule has 3 N–H and O–H groups in total. The van der Waals surface area contributed by atoms with E-state index in [0.717, 1.165) is 12.8 Å². The number of halogens is 1. The number of nitrogens with two attached hydrogens (primary N) is 1. The number of amides is 1. The standard InChI is InChI=1S/C13H14BrN3OS/c14-11-7-9(15)8-16-13(11)17-12(18)5-1-3-10-4-2-6-19-10/h2,4,6-8H,1,3,5,15H2,(H,16,17,18). The molecule has 0 saturated heterocycles. The summed E-state index contributed by atoms with van der Waals surface area (Å²) in [5, 5.41) is 4.81. The van der Waals surface area contributed by atoms with Crippen LogP contribution >= 0.6 is 27.3 Å². The highest BCUT2D eigenvalue weighted by Gasteiger charge is 2.07. The van der Waals surface area contributed by atoms with Crippen molar-refractivity contribution in [3.63, 3.8) is 0 Å². The Morgan fingerprint density at radius 2 is 2.37 bits per heavy atom. The molecule has 0 aliphatic rings. The second-order valence-electron chi connectivity index (χ2n) is 4.08. The van der Waals surface area contributed by atoms with Crippen LogP contribution in [0.4, 0.5) is 11.5 Å². The van der Waals surface area contributed by atoms with E-state index in [1.165, 1.54) is 11.1 Å². The minimum Gasteiger partial charge on any atom is -0.397 e. The van der Waals surface area contributed by atoms with Crippen molar-refractivity contribution in [2.45, 2.75) is 19.3 Å². The fourth-order valence-electron chi connectivity index (χ4n) is 1.62. The third-order valence-electron chi connectivity index (χ3n) is 2.53. The van der Waals surface area contributed by atoms with E-state index in [1.807, 2.05) is 11.4 Å². The lowest BCUT2D eigenvalue weighted by Gasteiger charge is -2.06. The fraction of sp³-hybridized carbons (Fsp3) is 0.231. The van der Waals surface area contributed by atoms with Crippen LogP contribution in [0.2, 0.25) is 0 Å². The number of thiophene rings is 1. The van der Waals surface area contributed by atoms with E-state index in [4.69, 9.17) is 5.73 Å². The molecule has 0 fully saturated rings. The van der Waals surface area contributed by atoms with Crippen LogP contribution < -0.4 is 11.1 Å². The van der Waals surface area contributed by atoms with Gasteiger partial charge in [0.25, 0.3) is 0 Å². The molecule has 0 spiro atoms. The topological polar surface area (TPSA) is 68.0 Å². The van der Waals surface area contributed by atoms with Crippen molar-refractivity contribution in [3.05, 3.63) is 39.1 Å². The van der Waals surface area contributed by atoms with Gasteiger partial charge in [0.2, 0.25) is 5.91 Å². The number of hydrogen-bond donors (Lipinski definition) is 2. The molecule has 6 heteroatoms. The van der Waals surface area contributed by atoms with E-state index in [-0.39, 0.29) is 5.91 Å². The second-order valence-corrected chi connectivity index (χ2v) is 5.97. The van der Waals surface area contributed by atoms with Gasteiger partial charge in [0.05, 0.1) is 16.4 Å². The Morgan fingerprint density at radius 1 is 1.53 bits per heavy atom. The number of hydrogen-bond acceptors (Lipinski definition) is 4. The molecule has 1 amide bonds. The Balaban J connectivity index is 1.80. The molecular formula is C13H14BrN3OS. The van der Waals surface area contributed by atoms with Crippen molar-refractivity contribution in [2.24, 2.45) is 0 Å². The summed E-state index contributed by atoms with van der Waals surface area (Å²) >= 11 is 5.04. The minimum absolute atomic E-state index is 0.0328. The molecule has 100 valence electrons. The van der Waals surface area contributed by atoms with Gasteiger partial charge in [-0.25, -0.2) is 4.98 Å². The Hall–Kier alpha value is -1.40. The van der Waals surface area contributed by atoms with Crippen molar-refractivity contribution in [1.29, 1.82) is 0 Å². The molecule has 0 atom stereocenters. The van der Waals surface area contributed by atoms with E-state index in [2.05, 4.69) is 32.3 Å². The number of anilines is 2. The molecule has 0 saturated carbocycles. The third-order valence-corrected chi connectivity index (χ3v) is 4.07. The lowest BCUT2D eigenvalue weighted by Crippen LogP contribution is -2.13. The summed E-state index contributed by atoms with van der Waals surface area (Å²) in [4.78, 5) is 17.2. The number of rotatable bonds is 5. The third kappa shape index (κ3) is 4.33. The van der Waals surface area contributed by atoms with Gasteiger partial charge in [-0.3, -0.25) is 4.79 Å². The van der Waals surface area contributed by atoms with Crippen LogP contribution in [0.3, 0.4) is 0 Å². The number of pyridine rings is 1. The van der Waals surface area contributed by atoms with Crippen LogP contribution in [-0.2, 0) is 11.2 Å². The molecule has 0 aliphatic carbocycles. The largest absolute Gasteiger partial charge is 0.397 e. The second kappa shape index (κ2) is 6.68. The highest BCUT2D eigenvalue weighted by molar-refractivity contribution is 9.10. The van der Waals surface area contributed by atoms with Crippen molar-refractivity contribution in [2.75, 3.05) is 11.1 Å². The maximum atomic E-state index is 11.8. The summed E-state index contributed by atoms with van der Waals surface area (Å²) < 4.78 is 0.694. The lowest BCUT2D eigenvalue weighted by atomic mass is 10.2. The summed E-state index contributed by atoms with van der Waals surface area (Å²) in [5.41, 5.74) is 6.15. The van der Waals surface area contributed by atoms with E-state index in [1.54, 1.807) is 17.4 Å². The number of carbonyl (C=O) groups excluding carboxylic acids is 1. The van der Waals surface area contributed by atoms with Gasteiger partial charge in [0, 0.05) is 11.3 Å². The average Bonchev–Trinajstić information content (AvgIpc) is 2.86. The van der Waals surface area contributed by atoms with Gasteiger partial charge in [-0.1, -0.05) is 6.07 Å². The summed E-state index contributed by atoms with van der Waals surface area (Å²) in [7, 11) is 0. The van der Waals surface area contributed by atoms with Gasteiger partial charge in [-0.2, -0.15) is 0 Å². The first-order valence-corrected chi connectivity index (χ1v) is 7.55. The number of aromatic nitrogens is 1. The molecule has 2 rings (SSSR count). The SMILES string of the molecule is Nc1cnc(NC(=O)CCCc2cccs2)c(Br)c1. The Morgan fingerprint density at radius 3 is 3.05 bits per heavy atom. The van der Waals surface area contributed by atoms with Crippen molar-refractivity contribution in [3.8, 4) is 0 Å². The fourth-order valence-corrected chi connectivity index (χ4v) is 2.83. The zero-order chi connectivity index (χ0) is 13.7. The van der Waals surface area contributed by atoms with Crippen LogP contribution in [0.1, 0.15) is 17.7 Å². The predicted octanol–water partition coefficient (Wildman–Crippen LogP) is 3.45. The zero-order valence-corrected chi connectivity index (χ0v) is 12.6. The molecule has 2 aromatic heterocycles. The van der Waals surface area contributed by atoms with E-state index in [9.17, 15) is 4.79 Å². The van der Waals surface area contributed by atoms with Gasteiger partial charge in [-0.05, 0) is 46.3 Å². The molecular weight excluding hydrogens is 326 g/mol. The number of nitrogens with one attached hydrogen (secondary N) is 1. The summed E-state index contributed by atoms with van der Waals surface area (Å²) in [6.07, 6.45) is 3.77. The first-order valence-electron chi connectivity index (χ1n) is 5.88. The van der Waals surface area contributed by atoms with Crippen molar-refractivity contribution in [1.82, 2.24) is 4.98 Å². The van der Waals surface area contributed by atoms with E-state index < -0.39 is 0 Å². The summed E-state index contributed by atoms with van der Waals surface area (Å²) in [6, 6.07) is 5.82. The molecule has 2 heterocycles. The molecule has 0 bridgehead atoms. The van der Waals surface area contributed by atoms with Crippen LogP contribution in [0, 0.1) is 0 Å². The monoisotopic (exact) mass is 339 g/mol. The number of aryl methyl sites for hydroxylation is 1. The Bertz CT molecular complexity index is 557. The van der Waals surface area contributed by atoms with Gasteiger partial charge >= 0.3 is 0 Å². The Labute approximate surface area is 124 Å². The van der Waals surface area contributed by atoms with Crippen LogP contribution in [-0.4, -0.2) is 10.9 Å². The number of carbonyl (C=O) groups is 1. The predicted molar refractivity (Wildman–Crippen MR) is 82.2 cm³/mol.